The number of methoxy groups -OCH3 is 1. The molecule has 30 heavy (non-hydrogen) atoms. The summed E-state index contributed by atoms with van der Waals surface area (Å²) in [5.74, 6) is 0.514. The van der Waals surface area contributed by atoms with Gasteiger partial charge in [0.05, 0.1) is 18.9 Å². The van der Waals surface area contributed by atoms with Crippen LogP contribution in [0.3, 0.4) is 0 Å². The minimum absolute atomic E-state index is 0.286. The van der Waals surface area contributed by atoms with E-state index in [-0.39, 0.29) is 5.41 Å². The molecule has 1 heterocycles. The van der Waals surface area contributed by atoms with Crippen LogP contribution in [0.4, 0.5) is 0 Å². The third-order valence-corrected chi connectivity index (χ3v) is 6.12. The van der Waals surface area contributed by atoms with Crippen LogP contribution in [0.25, 0.3) is 5.70 Å². The Morgan fingerprint density at radius 2 is 2.00 bits per heavy atom. The van der Waals surface area contributed by atoms with Crippen LogP contribution in [0, 0.1) is 30.6 Å². The molecule has 5 nitrogen and oxygen atoms in total. The molecule has 0 spiro atoms. The largest absolute Gasteiger partial charge is 0.479 e. The van der Waals surface area contributed by atoms with Gasteiger partial charge in [-0.05, 0) is 73.8 Å². The third-order valence-electron chi connectivity index (χ3n) is 6.12. The SMILES string of the molecule is C=C(N=C(OC)c1nn(C)c2c1CCC(C)(C)C2)c1cc(C)c(CCC#N)c(C)c1. The zero-order valence-corrected chi connectivity index (χ0v) is 19.1. The van der Waals surface area contributed by atoms with Crippen molar-refractivity contribution < 1.29 is 4.74 Å². The number of benzene rings is 1. The molecule has 0 unspecified atom stereocenters. The highest BCUT2D eigenvalue weighted by molar-refractivity contribution is 5.97. The minimum Gasteiger partial charge on any atom is -0.479 e. The molecular formula is C25H32N4O. The molecule has 0 bridgehead atoms. The molecule has 0 saturated carbocycles. The predicted molar refractivity (Wildman–Crippen MR) is 121 cm³/mol. The van der Waals surface area contributed by atoms with Crippen LogP contribution in [0.15, 0.2) is 23.7 Å². The molecule has 1 aliphatic rings. The summed E-state index contributed by atoms with van der Waals surface area (Å²) in [6.45, 7) is 13.0. The van der Waals surface area contributed by atoms with E-state index in [9.17, 15) is 0 Å². The Morgan fingerprint density at radius 1 is 1.33 bits per heavy atom. The summed E-state index contributed by atoms with van der Waals surface area (Å²) >= 11 is 0. The molecule has 3 rings (SSSR count). The Kier molecular flexibility index (Phi) is 6.17. The van der Waals surface area contributed by atoms with E-state index in [1.54, 1.807) is 7.11 Å². The highest BCUT2D eigenvalue weighted by Crippen LogP contribution is 2.36. The van der Waals surface area contributed by atoms with Crippen LogP contribution in [0.5, 0.6) is 0 Å². The Balaban J connectivity index is 1.95. The van der Waals surface area contributed by atoms with Crippen molar-refractivity contribution in [3.63, 3.8) is 0 Å². The van der Waals surface area contributed by atoms with Gasteiger partial charge in [0.15, 0.2) is 5.69 Å². The maximum atomic E-state index is 8.90. The second-order valence-corrected chi connectivity index (χ2v) is 9.05. The van der Waals surface area contributed by atoms with Crippen molar-refractivity contribution in [3.8, 4) is 6.07 Å². The first-order valence-electron chi connectivity index (χ1n) is 10.5. The lowest BCUT2D eigenvalue weighted by atomic mass is 9.76. The number of aryl methyl sites for hydroxylation is 3. The number of nitriles is 1. The first kappa shape index (κ1) is 21.8. The molecule has 1 aromatic heterocycles. The Morgan fingerprint density at radius 3 is 2.60 bits per heavy atom. The maximum absolute atomic E-state index is 8.90. The molecule has 2 aromatic rings. The van der Waals surface area contributed by atoms with E-state index in [4.69, 9.17) is 20.1 Å². The van der Waals surface area contributed by atoms with Gasteiger partial charge in [0.2, 0.25) is 5.90 Å². The molecule has 0 amide bonds. The molecule has 1 aromatic carbocycles. The lowest BCUT2D eigenvalue weighted by Crippen LogP contribution is -2.24. The van der Waals surface area contributed by atoms with Gasteiger partial charge in [0.1, 0.15) is 0 Å². The average Bonchev–Trinajstić information content (AvgIpc) is 2.99. The molecule has 0 N–H and O–H groups in total. The van der Waals surface area contributed by atoms with Crippen molar-refractivity contribution in [1.29, 1.82) is 5.26 Å². The lowest BCUT2D eigenvalue weighted by Gasteiger charge is -2.29. The first-order valence-corrected chi connectivity index (χ1v) is 10.5. The molecule has 1 aliphatic carbocycles. The summed E-state index contributed by atoms with van der Waals surface area (Å²) in [6, 6.07) is 6.41. The number of nitrogens with zero attached hydrogens (tertiary/aromatic N) is 4. The second-order valence-electron chi connectivity index (χ2n) is 9.05. The van der Waals surface area contributed by atoms with Crippen molar-refractivity contribution in [2.45, 2.75) is 59.8 Å². The molecule has 0 aliphatic heterocycles. The van der Waals surface area contributed by atoms with E-state index in [0.29, 0.717) is 18.0 Å². The number of hydrogen-bond acceptors (Lipinski definition) is 4. The van der Waals surface area contributed by atoms with Crippen LogP contribution in [0.1, 0.15) is 65.9 Å². The second kappa shape index (κ2) is 8.47. The molecule has 158 valence electrons. The van der Waals surface area contributed by atoms with Crippen molar-refractivity contribution >= 4 is 11.6 Å². The predicted octanol–water partition coefficient (Wildman–Crippen LogP) is 5.07. The van der Waals surface area contributed by atoms with Gasteiger partial charge in [-0.15, -0.1) is 0 Å². The van der Waals surface area contributed by atoms with Gasteiger partial charge < -0.3 is 4.74 Å². The van der Waals surface area contributed by atoms with Gasteiger partial charge in [0.25, 0.3) is 0 Å². The number of hydrogen-bond donors (Lipinski definition) is 0. The number of fused-ring (bicyclic) bond motifs is 1. The van der Waals surface area contributed by atoms with Crippen molar-refractivity contribution in [3.05, 3.63) is 57.9 Å². The van der Waals surface area contributed by atoms with E-state index in [1.807, 2.05) is 11.7 Å². The normalized spacial score (nSPS) is 15.4. The van der Waals surface area contributed by atoms with Gasteiger partial charge >= 0.3 is 0 Å². The fourth-order valence-electron chi connectivity index (χ4n) is 4.38. The van der Waals surface area contributed by atoms with Gasteiger partial charge in [-0.25, -0.2) is 4.99 Å². The number of rotatable bonds is 5. The van der Waals surface area contributed by atoms with Gasteiger partial charge in [-0.2, -0.15) is 10.4 Å². The molecule has 0 saturated heterocycles. The molecule has 0 atom stereocenters. The first-order chi connectivity index (χ1) is 14.2. The smallest absolute Gasteiger partial charge is 0.242 e. The van der Waals surface area contributed by atoms with E-state index < -0.39 is 0 Å². The van der Waals surface area contributed by atoms with Crippen LogP contribution in [-0.4, -0.2) is 22.8 Å². The van der Waals surface area contributed by atoms with Gasteiger partial charge in [-0.3, -0.25) is 4.68 Å². The molecule has 5 heteroatoms. The highest BCUT2D eigenvalue weighted by Gasteiger charge is 2.31. The average molecular weight is 405 g/mol. The quantitative estimate of drug-likeness (QED) is 0.516. The summed E-state index contributed by atoms with van der Waals surface area (Å²) in [7, 11) is 3.64. The van der Waals surface area contributed by atoms with Crippen LogP contribution in [0.2, 0.25) is 0 Å². The summed E-state index contributed by atoms with van der Waals surface area (Å²) < 4.78 is 7.65. The van der Waals surface area contributed by atoms with E-state index in [1.165, 1.54) is 16.8 Å². The monoisotopic (exact) mass is 404 g/mol. The highest BCUT2D eigenvalue weighted by atomic mass is 16.5. The minimum atomic E-state index is 0.286. The summed E-state index contributed by atoms with van der Waals surface area (Å²) in [6.07, 6.45) is 4.40. The molecular weight excluding hydrogens is 372 g/mol. The number of aliphatic imine (C=N–C) groups is 1. The Labute approximate surface area is 180 Å². The van der Waals surface area contributed by atoms with E-state index >= 15 is 0 Å². The van der Waals surface area contributed by atoms with E-state index in [0.717, 1.165) is 48.1 Å². The number of ether oxygens (including phenoxy) is 1. The van der Waals surface area contributed by atoms with Gasteiger partial charge in [0, 0.05) is 30.3 Å². The third kappa shape index (κ3) is 4.33. The van der Waals surface area contributed by atoms with Crippen LogP contribution in [-0.2, 0) is 31.0 Å². The molecule has 0 fully saturated rings. The van der Waals surface area contributed by atoms with Crippen LogP contribution >= 0.6 is 0 Å². The van der Waals surface area contributed by atoms with Crippen molar-refractivity contribution in [2.75, 3.05) is 7.11 Å². The zero-order valence-electron chi connectivity index (χ0n) is 19.1. The zero-order chi connectivity index (χ0) is 22.1. The van der Waals surface area contributed by atoms with Crippen molar-refractivity contribution in [2.24, 2.45) is 17.5 Å². The fourth-order valence-corrected chi connectivity index (χ4v) is 4.38. The summed E-state index contributed by atoms with van der Waals surface area (Å²) in [5, 5.41) is 13.6. The topological polar surface area (TPSA) is 63.2 Å². The molecule has 0 radical (unpaired) electrons. The number of aromatic nitrogens is 2. The maximum Gasteiger partial charge on any atom is 0.242 e. The Hall–Kier alpha value is -2.87. The fraction of sp³-hybridized carbons (Fsp3) is 0.480. The summed E-state index contributed by atoms with van der Waals surface area (Å²) in [5.41, 5.74) is 8.78. The standard InChI is InChI=1S/C25H32N4O/c1-16-13-19(14-17(2)20(16)9-8-12-26)18(3)27-24(30-7)23-21-10-11-25(4,5)15-22(21)29(6)28-23/h13-14H,3,8-11,15H2,1-2,4-7H3. The summed E-state index contributed by atoms with van der Waals surface area (Å²) in [4.78, 5) is 4.74. The Bertz CT molecular complexity index is 1030. The van der Waals surface area contributed by atoms with Crippen molar-refractivity contribution in [1.82, 2.24) is 9.78 Å². The van der Waals surface area contributed by atoms with E-state index in [2.05, 4.69) is 52.5 Å². The lowest BCUT2D eigenvalue weighted by molar-refractivity contribution is 0.306. The van der Waals surface area contributed by atoms with Crippen LogP contribution < -0.4 is 0 Å². The van der Waals surface area contributed by atoms with Gasteiger partial charge in [-0.1, -0.05) is 20.4 Å².